The van der Waals surface area contributed by atoms with Gasteiger partial charge in [0, 0.05) is 31.2 Å². The maximum absolute atomic E-state index is 9.57. The van der Waals surface area contributed by atoms with Crippen molar-refractivity contribution in [2.75, 3.05) is 25.0 Å². The van der Waals surface area contributed by atoms with Gasteiger partial charge in [0.2, 0.25) is 0 Å². The minimum absolute atomic E-state index is 0.207. The van der Waals surface area contributed by atoms with Crippen LogP contribution < -0.4 is 5.32 Å². The van der Waals surface area contributed by atoms with E-state index in [2.05, 4.69) is 26.7 Å². The van der Waals surface area contributed by atoms with E-state index < -0.39 is 0 Å². The van der Waals surface area contributed by atoms with Crippen molar-refractivity contribution >= 4 is 16.5 Å². The van der Waals surface area contributed by atoms with Crippen molar-refractivity contribution in [1.29, 1.82) is 0 Å². The fourth-order valence-electron chi connectivity index (χ4n) is 2.22. The Hall–Kier alpha value is -0.720. The number of hydrogen-bond acceptors (Lipinski definition) is 6. The van der Waals surface area contributed by atoms with E-state index in [1.165, 1.54) is 11.5 Å². The van der Waals surface area contributed by atoms with Gasteiger partial charge in [0.15, 0.2) is 0 Å². The Morgan fingerprint density at radius 1 is 1.65 bits per heavy atom. The summed E-state index contributed by atoms with van der Waals surface area (Å²) < 4.78 is 3.99. The third-order valence-electron chi connectivity index (χ3n) is 3.26. The summed E-state index contributed by atoms with van der Waals surface area (Å²) in [6.45, 7) is 7.68. The highest BCUT2D eigenvalue weighted by Gasteiger charge is 2.26. The van der Waals surface area contributed by atoms with E-state index in [1.807, 2.05) is 6.92 Å². The molecule has 0 amide bonds. The van der Waals surface area contributed by atoms with Gasteiger partial charge in [-0.1, -0.05) is 4.49 Å². The van der Waals surface area contributed by atoms with Crippen molar-refractivity contribution in [1.82, 2.24) is 14.5 Å². The van der Waals surface area contributed by atoms with Crippen LogP contribution in [0.15, 0.2) is 0 Å². The standard InChI is InChI=1S/C11H20N4OS/c1-3-12-11-10(13-14-17-11)7-15-5-4-9(6-15)8(2)16/h8-9,12,16H,3-7H2,1-2H3. The smallest absolute Gasteiger partial charge is 0.134 e. The van der Waals surface area contributed by atoms with Gasteiger partial charge in [-0.2, -0.15) is 0 Å². The second kappa shape index (κ2) is 5.75. The van der Waals surface area contributed by atoms with Gasteiger partial charge >= 0.3 is 0 Å². The summed E-state index contributed by atoms with van der Waals surface area (Å²) in [7, 11) is 0. The lowest BCUT2D eigenvalue weighted by atomic mass is 10.0. The molecule has 1 aromatic heterocycles. The fraction of sp³-hybridized carbons (Fsp3) is 0.818. The predicted molar refractivity (Wildman–Crippen MR) is 69.1 cm³/mol. The summed E-state index contributed by atoms with van der Waals surface area (Å²) >= 11 is 1.42. The van der Waals surface area contributed by atoms with Crippen LogP contribution in [-0.4, -0.2) is 45.3 Å². The minimum Gasteiger partial charge on any atom is -0.393 e. The van der Waals surface area contributed by atoms with Gasteiger partial charge in [0.1, 0.15) is 10.7 Å². The van der Waals surface area contributed by atoms with Gasteiger partial charge in [0.25, 0.3) is 0 Å². The Morgan fingerprint density at radius 3 is 3.12 bits per heavy atom. The average Bonchev–Trinajstić information content (AvgIpc) is 2.90. The second-order valence-corrected chi connectivity index (χ2v) is 5.36. The van der Waals surface area contributed by atoms with Crippen LogP contribution in [0.25, 0.3) is 0 Å². The van der Waals surface area contributed by atoms with Crippen LogP contribution in [-0.2, 0) is 6.54 Å². The topological polar surface area (TPSA) is 61.3 Å². The second-order valence-electron chi connectivity index (χ2n) is 4.60. The molecule has 96 valence electrons. The molecule has 0 spiro atoms. The molecule has 1 fully saturated rings. The van der Waals surface area contributed by atoms with Crippen LogP contribution in [0.5, 0.6) is 0 Å². The third-order valence-corrected chi connectivity index (χ3v) is 3.98. The highest BCUT2D eigenvalue weighted by molar-refractivity contribution is 7.10. The molecule has 0 radical (unpaired) electrons. The lowest BCUT2D eigenvalue weighted by Gasteiger charge is -2.16. The summed E-state index contributed by atoms with van der Waals surface area (Å²) in [5.74, 6) is 0.407. The monoisotopic (exact) mass is 256 g/mol. The van der Waals surface area contributed by atoms with Crippen molar-refractivity contribution in [3.05, 3.63) is 5.69 Å². The molecule has 5 nitrogen and oxygen atoms in total. The van der Waals surface area contributed by atoms with E-state index in [-0.39, 0.29) is 6.10 Å². The lowest BCUT2D eigenvalue weighted by molar-refractivity contribution is 0.127. The number of likely N-dealkylation sites (tertiary alicyclic amines) is 1. The van der Waals surface area contributed by atoms with Crippen LogP contribution in [0, 0.1) is 5.92 Å². The average molecular weight is 256 g/mol. The number of rotatable bonds is 5. The SMILES string of the molecule is CCNc1snnc1CN1CCC(C(C)O)C1. The van der Waals surface area contributed by atoms with E-state index in [0.29, 0.717) is 5.92 Å². The van der Waals surface area contributed by atoms with E-state index >= 15 is 0 Å². The number of hydrogen-bond donors (Lipinski definition) is 2. The molecule has 2 N–H and O–H groups in total. The van der Waals surface area contributed by atoms with Crippen molar-refractivity contribution in [2.24, 2.45) is 5.92 Å². The number of aliphatic hydroxyl groups is 1. The maximum atomic E-state index is 9.57. The first kappa shape index (κ1) is 12.7. The molecular weight excluding hydrogens is 236 g/mol. The normalized spacial score (nSPS) is 22.9. The number of nitrogens with zero attached hydrogens (tertiary/aromatic N) is 3. The zero-order valence-electron chi connectivity index (χ0n) is 10.4. The van der Waals surface area contributed by atoms with E-state index in [1.54, 1.807) is 0 Å². The molecular formula is C11H20N4OS. The highest BCUT2D eigenvalue weighted by Crippen LogP contribution is 2.24. The summed E-state index contributed by atoms with van der Waals surface area (Å²) in [6, 6.07) is 0. The van der Waals surface area contributed by atoms with Crippen LogP contribution in [0.3, 0.4) is 0 Å². The number of anilines is 1. The molecule has 1 aromatic rings. The number of nitrogens with one attached hydrogen (secondary N) is 1. The van der Waals surface area contributed by atoms with Gasteiger partial charge < -0.3 is 10.4 Å². The Labute approximate surface area is 106 Å². The molecule has 0 aliphatic carbocycles. The Morgan fingerprint density at radius 2 is 2.47 bits per heavy atom. The molecule has 2 unspecified atom stereocenters. The summed E-state index contributed by atoms with van der Waals surface area (Å²) in [6.07, 6.45) is 0.869. The quantitative estimate of drug-likeness (QED) is 0.828. The largest absolute Gasteiger partial charge is 0.393 e. The summed E-state index contributed by atoms with van der Waals surface area (Å²) in [5.41, 5.74) is 1.03. The van der Waals surface area contributed by atoms with Crippen LogP contribution in [0.2, 0.25) is 0 Å². The van der Waals surface area contributed by atoms with E-state index in [9.17, 15) is 5.11 Å². The Kier molecular flexibility index (Phi) is 4.31. The Bertz CT molecular complexity index is 355. The fourth-order valence-corrected chi connectivity index (χ4v) is 2.86. The molecule has 2 rings (SSSR count). The van der Waals surface area contributed by atoms with Crippen molar-refractivity contribution in [3.8, 4) is 0 Å². The molecule has 1 saturated heterocycles. The van der Waals surface area contributed by atoms with Gasteiger partial charge in [-0.25, -0.2) is 0 Å². The first-order valence-electron chi connectivity index (χ1n) is 6.16. The predicted octanol–water partition coefficient (Wildman–Crippen LogP) is 1.17. The minimum atomic E-state index is -0.207. The third kappa shape index (κ3) is 3.14. The van der Waals surface area contributed by atoms with Gasteiger partial charge in [-0.15, -0.1) is 5.10 Å². The number of aliphatic hydroxyl groups excluding tert-OH is 1. The summed E-state index contributed by atoms with van der Waals surface area (Å²) in [4.78, 5) is 2.34. The van der Waals surface area contributed by atoms with Gasteiger partial charge in [-0.05, 0) is 32.7 Å². The molecule has 1 aliphatic rings. The van der Waals surface area contributed by atoms with Gasteiger partial charge in [-0.3, -0.25) is 4.90 Å². The zero-order valence-corrected chi connectivity index (χ0v) is 11.2. The first-order chi connectivity index (χ1) is 8.20. The molecule has 0 aromatic carbocycles. The molecule has 2 heterocycles. The van der Waals surface area contributed by atoms with Crippen LogP contribution >= 0.6 is 11.5 Å². The van der Waals surface area contributed by atoms with Gasteiger partial charge in [0.05, 0.1) is 6.10 Å². The molecule has 2 atom stereocenters. The highest BCUT2D eigenvalue weighted by atomic mass is 32.1. The van der Waals surface area contributed by atoms with Crippen molar-refractivity contribution in [2.45, 2.75) is 32.9 Å². The first-order valence-corrected chi connectivity index (χ1v) is 6.93. The Balaban J connectivity index is 1.91. The molecule has 0 bridgehead atoms. The molecule has 0 saturated carbocycles. The number of aromatic nitrogens is 2. The molecule has 1 aliphatic heterocycles. The van der Waals surface area contributed by atoms with Crippen molar-refractivity contribution in [3.63, 3.8) is 0 Å². The molecule has 17 heavy (non-hydrogen) atoms. The lowest BCUT2D eigenvalue weighted by Crippen LogP contribution is -2.24. The summed E-state index contributed by atoms with van der Waals surface area (Å²) in [5, 5.41) is 18.1. The van der Waals surface area contributed by atoms with Crippen LogP contribution in [0.4, 0.5) is 5.00 Å². The van der Waals surface area contributed by atoms with Crippen molar-refractivity contribution < 1.29 is 5.11 Å². The van der Waals surface area contributed by atoms with E-state index in [0.717, 1.165) is 43.3 Å². The molecule has 6 heteroatoms. The zero-order chi connectivity index (χ0) is 12.3. The van der Waals surface area contributed by atoms with Crippen LogP contribution in [0.1, 0.15) is 26.0 Å². The van der Waals surface area contributed by atoms with E-state index in [4.69, 9.17) is 0 Å². The maximum Gasteiger partial charge on any atom is 0.134 e.